The Bertz CT molecular complexity index is 750. The van der Waals surface area contributed by atoms with E-state index in [-0.39, 0.29) is 5.91 Å². The second-order valence-electron chi connectivity index (χ2n) is 6.86. The number of carbonyl (C=O) groups excluding carboxylic acids is 1. The molecule has 3 saturated heterocycles. The molecule has 0 N–H and O–H groups in total. The highest BCUT2D eigenvalue weighted by Crippen LogP contribution is 2.41. The lowest BCUT2D eigenvalue weighted by atomic mass is 9.93. The number of aromatic nitrogens is 1. The summed E-state index contributed by atoms with van der Waals surface area (Å²) in [5.41, 5.74) is 0.628. The lowest BCUT2D eigenvalue weighted by Gasteiger charge is -2.44. The number of piperidine rings is 1. The number of amides is 1. The average Bonchev–Trinajstić information content (AvgIpc) is 2.69. The van der Waals surface area contributed by atoms with E-state index in [0.717, 1.165) is 23.9 Å². The summed E-state index contributed by atoms with van der Waals surface area (Å²) in [6, 6.07) is 10.8. The van der Waals surface area contributed by atoms with Gasteiger partial charge in [0.15, 0.2) is 0 Å². The van der Waals surface area contributed by atoms with Crippen LogP contribution >= 0.6 is 0 Å². The summed E-state index contributed by atoms with van der Waals surface area (Å²) in [6.07, 6.45) is 4.18. The van der Waals surface area contributed by atoms with E-state index in [0.29, 0.717) is 23.7 Å². The minimum atomic E-state index is 0.135. The summed E-state index contributed by atoms with van der Waals surface area (Å²) in [5, 5.41) is 2.07. The van der Waals surface area contributed by atoms with Crippen LogP contribution in [-0.4, -0.2) is 52.4 Å². The first kappa shape index (κ1) is 12.6. The van der Waals surface area contributed by atoms with Gasteiger partial charge in [-0.1, -0.05) is 24.3 Å². The van der Waals surface area contributed by atoms with Crippen LogP contribution < -0.4 is 0 Å². The Kier molecular flexibility index (Phi) is 2.59. The SMILES string of the molecule is O=C(c1nccc2ccccc12)N1[C@@H]2C[C@H]3CCN(C2)C[C@H]31. The molecule has 1 unspecified atom stereocenters. The molecule has 1 amide bonds. The molecule has 0 aliphatic carbocycles. The summed E-state index contributed by atoms with van der Waals surface area (Å²) in [5.74, 6) is 0.832. The van der Waals surface area contributed by atoms with Crippen molar-refractivity contribution in [2.24, 2.45) is 5.92 Å². The van der Waals surface area contributed by atoms with Crippen molar-refractivity contribution in [1.82, 2.24) is 14.8 Å². The zero-order valence-corrected chi connectivity index (χ0v) is 12.5. The molecule has 3 bridgehead atoms. The quantitative estimate of drug-likeness (QED) is 0.808. The number of nitrogens with zero attached hydrogens (tertiary/aromatic N) is 3. The van der Waals surface area contributed by atoms with Gasteiger partial charge < -0.3 is 4.90 Å². The molecular weight excluding hydrogens is 274 g/mol. The minimum Gasteiger partial charge on any atom is -0.328 e. The molecule has 4 heteroatoms. The molecule has 2 aromatic rings. The Morgan fingerprint density at radius 3 is 3.05 bits per heavy atom. The monoisotopic (exact) mass is 293 g/mol. The number of benzene rings is 1. The van der Waals surface area contributed by atoms with Gasteiger partial charge >= 0.3 is 0 Å². The molecule has 3 aliphatic rings. The molecule has 1 aromatic carbocycles. The van der Waals surface area contributed by atoms with Crippen LogP contribution in [0.3, 0.4) is 0 Å². The summed E-state index contributed by atoms with van der Waals surface area (Å²) >= 11 is 0. The van der Waals surface area contributed by atoms with Crippen molar-refractivity contribution in [3.8, 4) is 0 Å². The van der Waals surface area contributed by atoms with Crippen LogP contribution in [0, 0.1) is 5.92 Å². The third-order valence-electron chi connectivity index (χ3n) is 5.71. The van der Waals surface area contributed by atoms with Crippen LogP contribution in [0.4, 0.5) is 0 Å². The highest BCUT2D eigenvalue weighted by molar-refractivity contribution is 6.05. The maximum atomic E-state index is 13.2. The Balaban J connectivity index is 1.57. The van der Waals surface area contributed by atoms with Crippen LogP contribution in [0.1, 0.15) is 23.3 Å². The maximum Gasteiger partial charge on any atom is 0.273 e. The number of rotatable bonds is 1. The fourth-order valence-corrected chi connectivity index (χ4v) is 4.72. The molecule has 22 heavy (non-hydrogen) atoms. The molecule has 3 aliphatic heterocycles. The maximum absolute atomic E-state index is 13.2. The van der Waals surface area contributed by atoms with Crippen LogP contribution in [0.15, 0.2) is 36.5 Å². The predicted molar refractivity (Wildman–Crippen MR) is 84.7 cm³/mol. The first-order chi connectivity index (χ1) is 10.8. The zero-order valence-electron chi connectivity index (χ0n) is 12.5. The van der Waals surface area contributed by atoms with Crippen molar-refractivity contribution < 1.29 is 4.79 Å². The van der Waals surface area contributed by atoms with E-state index in [1.807, 2.05) is 30.3 Å². The van der Waals surface area contributed by atoms with E-state index in [9.17, 15) is 4.79 Å². The minimum absolute atomic E-state index is 0.135. The molecule has 1 aromatic heterocycles. The molecular formula is C18H19N3O. The fourth-order valence-electron chi connectivity index (χ4n) is 4.72. The van der Waals surface area contributed by atoms with Gasteiger partial charge in [0.25, 0.3) is 5.91 Å². The number of fused-ring (bicyclic) bond motifs is 3. The molecule has 0 radical (unpaired) electrons. The molecule has 3 fully saturated rings. The van der Waals surface area contributed by atoms with Gasteiger partial charge in [-0.05, 0) is 36.8 Å². The first-order valence-electron chi connectivity index (χ1n) is 8.20. The molecule has 0 saturated carbocycles. The largest absolute Gasteiger partial charge is 0.328 e. The second-order valence-corrected chi connectivity index (χ2v) is 6.86. The number of hydrogen-bond donors (Lipinski definition) is 0. The van der Waals surface area contributed by atoms with E-state index >= 15 is 0 Å². The van der Waals surface area contributed by atoms with E-state index in [2.05, 4.69) is 14.8 Å². The van der Waals surface area contributed by atoms with Crippen LogP contribution in [0.2, 0.25) is 0 Å². The Morgan fingerprint density at radius 2 is 2.09 bits per heavy atom. The molecule has 0 spiro atoms. The van der Waals surface area contributed by atoms with Crippen molar-refractivity contribution in [2.75, 3.05) is 19.6 Å². The van der Waals surface area contributed by atoms with Gasteiger partial charge in [0.2, 0.25) is 0 Å². The standard InChI is InChI=1S/C18H19N3O/c22-18(17-15-4-2-1-3-12(15)5-7-19-17)21-14-9-13-6-8-20(10-14)11-16(13)21/h1-5,7,13-14,16H,6,8-11H2/t13-,14-,16-/m1/s1. The molecule has 4 atom stereocenters. The van der Waals surface area contributed by atoms with E-state index in [1.165, 1.54) is 19.4 Å². The summed E-state index contributed by atoms with van der Waals surface area (Å²) < 4.78 is 0. The summed E-state index contributed by atoms with van der Waals surface area (Å²) in [7, 11) is 0. The number of pyridine rings is 1. The molecule has 112 valence electrons. The summed E-state index contributed by atoms with van der Waals surface area (Å²) in [4.78, 5) is 22.3. The van der Waals surface area contributed by atoms with Gasteiger partial charge in [0, 0.05) is 36.8 Å². The van der Waals surface area contributed by atoms with Gasteiger partial charge in [-0.25, -0.2) is 0 Å². The van der Waals surface area contributed by atoms with Crippen LogP contribution in [0.5, 0.6) is 0 Å². The number of hydrogen-bond acceptors (Lipinski definition) is 3. The topological polar surface area (TPSA) is 36.4 Å². The van der Waals surface area contributed by atoms with Crippen molar-refractivity contribution >= 4 is 16.7 Å². The Morgan fingerprint density at radius 1 is 1.18 bits per heavy atom. The lowest BCUT2D eigenvalue weighted by Crippen LogP contribution is -2.58. The normalized spacial score (nSPS) is 32.6. The van der Waals surface area contributed by atoms with E-state index in [1.54, 1.807) is 6.20 Å². The highest BCUT2D eigenvalue weighted by atomic mass is 16.2. The number of carbonyl (C=O) groups is 1. The smallest absolute Gasteiger partial charge is 0.273 e. The van der Waals surface area contributed by atoms with Crippen molar-refractivity contribution in [3.05, 3.63) is 42.2 Å². The third kappa shape index (κ3) is 1.67. The Hall–Kier alpha value is -1.94. The Labute approximate surface area is 129 Å². The van der Waals surface area contributed by atoms with Crippen LogP contribution in [-0.2, 0) is 0 Å². The second kappa shape index (κ2) is 4.53. The zero-order chi connectivity index (χ0) is 14.7. The molecule has 4 nitrogen and oxygen atoms in total. The fraction of sp³-hybridized carbons (Fsp3) is 0.444. The van der Waals surface area contributed by atoms with Crippen molar-refractivity contribution in [3.63, 3.8) is 0 Å². The van der Waals surface area contributed by atoms with Gasteiger partial charge in [-0.2, -0.15) is 0 Å². The molecule has 5 rings (SSSR count). The van der Waals surface area contributed by atoms with Crippen molar-refractivity contribution in [2.45, 2.75) is 24.9 Å². The van der Waals surface area contributed by atoms with Crippen LogP contribution in [0.25, 0.3) is 10.8 Å². The first-order valence-corrected chi connectivity index (χ1v) is 8.20. The van der Waals surface area contributed by atoms with E-state index < -0.39 is 0 Å². The summed E-state index contributed by atoms with van der Waals surface area (Å²) in [6.45, 7) is 3.31. The number of piperazine rings is 1. The van der Waals surface area contributed by atoms with Crippen molar-refractivity contribution in [1.29, 1.82) is 0 Å². The molecule has 4 heterocycles. The van der Waals surface area contributed by atoms with Gasteiger partial charge in [-0.3, -0.25) is 14.7 Å². The van der Waals surface area contributed by atoms with Gasteiger partial charge in [0.1, 0.15) is 5.69 Å². The van der Waals surface area contributed by atoms with E-state index in [4.69, 9.17) is 0 Å². The predicted octanol–water partition coefficient (Wildman–Crippen LogP) is 2.15. The highest BCUT2D eigenvalue weighted by Gasteiger charge is 2.51. The average molecular weight is 293 g/mol. The van der Waals surface area contributed by atoms with Gasteiger partial charge in [0.05, 0.1) is 0 Å². The lowest BCUT2D eigenvalue weighted by molar-refractivity contribution is 0.0258. The van der Waals surface area contributed by atoms with Gasteiger partial charge in [-0.15, -0.1) is 0 Å². The third-order valence-corrected chi connectivity index (χ3v) is 5.71.